The van der Waals surface area contributed by atoms with E-state index in [4.69, 9.17) is 23.2 Å². The van der Waals surface area contributed by atoms with E-state index in [0.29, 0.717) is 21.7 Å². The van der Waals surface area contributed by atoms with E-state index in [1.165, 1.54) is 19.3 Å². The molecule has 2 heterocycles. The number of rotatable bonds is 3. The minimum atomic E-state index is 0.419. The van der Waals surface area contributed by atoms with Crippen molar-refractivity contribution in [3.63, 3.8) is 0 Å². The van der Waals surface area contributed by atoms with Gasteiger partial charge in [0.2, 0.25) is 5.95 Å². The van der Waals surface area contributed by atoms with Crippen LogP contribution in [0.3, 0.4) is 0 Å². The minimum absolute atomic E-state index is 0.419. The molecule has 2 aromatic rings. The van der Waals surface area contributed by atoms with Gasteiger partial charge in [0.15, 0.2) is 5.82 Å². The molecular weight excluding hydrogens is 309 g/mol. The smallest absolute Gasteiger partial charge is 0.249 e. The van der Waals surface area contributed by atoms with Crippen LogP contribution >= 0.6 is 23.2 Å². The van der Waals surface area contributed by atoms with Crippen LogP contribution in [0.25, 0.3) is 0 Å². The first kappa shape index (κ1) is 14.4. The predicted octanol–water partition coefficient (Wildman–Crippen LogP) is 3.91. The van der Waals surface area contributed by atoms with Crippen molar-refractivity contribution in [1.29, 1.82) is 0 Å². The van der Waals surface area contributed by atoms with Crippen molar-refractivity contribution in [2.45, 2.75) is 19.3 Å². The van der Waals surface area contributed by atoms with E-state index in [2.05, 4.69) is 25.4 Å². The molecule has 0 bridgehead atoms. The lowest BCUT2D eigenvalue weighted by Crippen LogP contribution is -2.30. The van der Waals surface area contributed by atoms with E-state index in [1.54, 1.807) is 24.4 Å². The van der Waals surface area contributed by atoms with Crippen LogP contribution in [0.5, 0.6) is 0 Å². The molecule has 0 aliphatic carbocycles. The molecule has 5 nitrogen and oxygen atoms in total. The molecule has 0 amide bonds. The molecular formula is C14H15Cl2N5. The Balaban J connectivity index is 1.81. The Morgan fingerprint density at radius 3 is 2.71 bits per heavy atom. The molecule has 1 aromatic heterocycles. The SMILES string of the molecule is Clc1ccc(Cl)c(Nc2nncc(N3CCCCC3)n2)c1. The van der Waals surface area contributed by atoms with E-state index in [9.17, 15) is 0 Å². The van der Waals surface area contributed by atoms with Gasteiger partial charge in [-0.25, -0.2) is 0 Å². The zero-order chi connectivity index (χ0) is 14.7. The van der Waals surface area contributed by atoms with Crippen molar-refractivity contribution in [3.8, 4) is 0 Å². The van der Waals surface area contributed by atoms with Crippen molar-refractivity contribution in [2.24, 2.45) is 0 Å². The summed E-state index contributed by atoms with van der Waals surface area (Å²) in [4.78, 5) is 6.73. The predicted molar refractivity (Wildman–Crippen MR) is 85.6 cm³/mol. The molecule has 1 aliphatic rings. The maximum absolute atomic E-state index is 6.13. The third kappa shape index (κ3) is 3.54. The summed E-state index contributed by atoms with van der Waals surface area (Å²) in [6, 6.07) is 5.20. The second-order valence-electron chi connectivity index (χ2n) is 4.94. The molecule has 1 aliphatic heterocycles. The standard InChI is InChI=1S/C14H15Cl2N5/c15-10-4-5-11(16)12(8-10)18-14-19-13(9-17-20-14)21-6-2-1-3-7-21/h4-5,8-9H,1-3,6-7H2,(H,18,19,20). The van der Waals surface area contributed by atoms with Crippen LogP contribution in [0.15, 0.2) is 24.4 Å². The number of hydrogen-bond donors (Lipinski definition) is 1. The van der Waals surface area contributed by atoms with Gasteiger partial charge in [-0.05, 0) is 37.5 Å². The van der Waals surface area contributed by atoms with Gasteiger partial charge in [0.1, 0.15) is 0 Å². The van der Waals surface area contributed by atoms with Gasteiger partial charge in [0.25, 0.3) is 0 Å². The highest BCUT2D eigenvalue weighted by Gasteiger charge is 2.13. The maximum Gasteiger partial charge on any atom is 0.249 e. The first-order chi connectivity index (χ1) is 10.2. The Bertz CT molecular complexity index is 629. The lowest BCUT2D eigenvalue weighted by atomic mass is 10.1. The van der Waals surface area contributed by atoms with Gasteiger partial charge < -0.3 is 10.2 Å². The molecule has 1 saturated heterocycles. The molecule has 3 rings (SSSR count). The molecule has 7 heteroatoms. The van der Waals surface area contributed by atoms with Gasteiger partial charge in [-0.3, -0.25) is 0 Å². The molecule has 1 aromatic carbocycles. The summed E-state index contributed by atoms with van der Waals surface area (Å²) in [6.07, 6.45) is 5.34. The fourth-order valence-electron chi connectivity index (χ4n) is 2.34. The molecule has 0 saturated carbocycles. The minimum Gasteiger partial charge on any atom is -0.355 e. The number of nitrogens with zero attached hydrogens (tertiary/aromatic N) is 4. The van der Waals surface area contributed by atoms with Crippen molar-refractivity contribution in [2.75, 3.05) is 23.3 Å². The third-order valence-corrected chi connectivity index (χ3v) is 3.97. The summed E-state index contributed by atoms with van der Waals surface area (Å²) >= 11 is 12.1. The Morgan fingerprint density at radius 2 is 1.90 bits per heavy atom. The van der Waals surface area contributed by atoms with Gasteiger partial charge in [0, 0.05) is 18.1 Å². The number of hydrogen-bond acceptors (Lipinski definition) is 5. The van der Waals surface area contributed by atoms with Crippen molar-refractivity contribution in [1.82, 2.24) is 15.2 Å². The highest BCUT2D eigenvalue weighted by atomic mass is 35.5. The Morgan fingerprint density at radius 1 is 1.10 bits per heavy atom. The molecule has 0 radical (unpaired) electrons. The molecule has 0 atom stereocenters. The van der Waals surface area contributed by atoms with Crippen molar-refractivity contribution >= 4 is 40.7 Å². The lowest BCUT2D eigenvalue weighted by molar-refractivity contribution is 0.572. The zero-order valence-electron chi connectivity index (χ0n) is 11.4. The van der Waals surface area contributed by atoms with Gasteiger partial charge in [0.05, 0.1) is 16.9 Å². The van der Waals surface area contributed by atoms with Gasteiger partial charge in [-0.15, -0.1) is 5.10 Å². The summed E-state index contributed by atoms with van der Waals surface area (Å²) in [5.74, 6) is 1.26. The van der Waals surface area contributed by atoms with Crippen LogP contribution in [-0.4, -0.2) is 28.3 Å². The van der Waals surface area contributed by atoms with Crippen LogP contribution in [0, 0.1) is 0 Å². The fraction of sp³-hybridized carbons (Fsp3) is 0.357. The van der Waals surface area contributed by atoms with E-state index in [1.807, 2.05) is 0 Å². The van der Waals surface area contributed by atoms with Crippen LogP contribution in [0.2, 0.25) is 10.0 Å². The Hall–Kier alpha value is -1.59. The van der Waals surface area contributed by atoms with E-state index < -0.39 is 0 Å². The normalized spacial score (nSPS) is 15.0. The number of benzene rings is 1. The van der Waals surface area contributed by atoms with Gasteiger partial charge in [-0.1, -0.05) is 23.2 Å². The summed E-state index contributed by atoms with van der Waals surface area (Å²) in [5.41, 5.74) is 0.668. The topological polar surface area (TPSA) is 53.9 Å². The van der Waals surface area contributed by atoms with Crippen molar-refractivity contribution < 1.29 is 0 Å². The third-order valence-electron chi connectivity index (χ3n) is 3.40. The summed E-state index contributed by atoms with van der Waals surface area (Å²) in [7, 11) is 0. The largest absolute Gasteiger partial charge is 0.355 e. The van der Waals surface area contributed by atoms with E-state index in [-0.39, 0.29) is 0 Å². The van der Waals surface area contributed by atoms with Gasteiger partial charge in [-0.2, -0.15) is 10.1 Å². The molecule has 1 N–H and O–H groups in total. The number of nitrogens with one attached hydrogen (secondary N) is 1. The molecule has 0 spiro atoms. The average Bonchev–Trinajstić information content (AvgIpc) is 2.52. The maximum atomic E-state index is 6.13. The second-order valence-corrected chi connectivity index (χ2v) is 5.78. The molecule has 0 unspecified atom stereocenters. The van der Waals surface area contributed by atoms with E-state index >= 15 is 0 Å². The van der Waals surface area contributed by atoms with Crippen LogP contribution in [-0.2, 0) is 0 Å². The first-order valence-corrected chi connectivity index (χ1v) is 7.65. The summed E-state index contributed by atoms with van der Waals surface area (Å²) in [5, 5.41) is 12.2. The lowest BCUT2D eigenvalue weighted by Gasteiger charge is -2.27. The molecule has 110 valence electrons. The van der Waals surface area contributed by atoms with Gasteiger partial charge >= 0.3 is 0 Å². The van der Waals surface area contributed by atoms with Crippen LogP contribution < -0.4 is 10.2 Å². The van der Waals surface area contributed by atoms with E-state index in [0.717, 1.165) is 18.9 Å². The zero-order valence-corrected chi connectivity index (χ0v) is 12.9. The summed E-state index contributed by atoms with van der Waals surface area (Å²) in [6.45, 7) is 2.02. The number of aromatic nitrogens is 3. The highest BCUT2D eigenvalue weighted by molar-refractivity contribution is 6.35. The fourth-order valence-corrected chi connectivity index (χ4v) is 2.67. The first-order valence-electron chi connectivity index (χ1n) is 6.89. The number of halogens is 2. The molecule has 1 fully saturated rings. The highest BCUT2D eigenvalue weighted by Crippen LogP contribution is 2.27. The quantitative estimate of drug-likeness (QED) is 0.927. The molecule has 21 heavy (non-hydrogen) atoms. The average molecular weight is 324 g/mol. The van der Waals surface area contributed by atoms with Crippen LogP contribution in [0.4, 0.5) is 17.5 Å². The van der Waals surface area contributed by atoms with Crippen molar-refractivity contribution in [3.05, 3.63) is 34.4 Å². The second kappa shape index (κ2) is 6.45. The Kier molecular flexibility index (Phi) is 4.41. The number of piperidine rings is 1. The monoisotopic (exact) mass is 323 g/mol. The van der Waals surface area contributed by atoms with Crippen LogP contribution in [0.1, 0.15) is 19.3 Å². The Labute approximate surface area is 133 Å². The number of anilines is 3. The summed E-state index contributed by atoms with van der Waals surface area (Å²) < 4.78 is 0.